The molecule has 0 aromatic rings. The Bertz CT molecular complexity index is 191. The van der Waals surface area contributed by atoms with Crippen molar-refractivity contribution in [2.45, 2.75) is 50.8 Å². The maximum atomic E-state index is 11.5. The van der Waals surface area contributed by atoms with Crippen LogP contribution < -0.4 is 11.1 Å². The lowest BCUT2D eigenvalue weighted by Gasteiger charge is -2.35. The summed E-state index contributed by atoms with van der Waals surface area (Å²) < 4.78 is 5.12. The molecule has 0 bridgehead atoms. The fraction of sp³-hybridized carbons (Fsp3) is 0.900. The Hall–Kier alpha value is -0.610. The van der Waals surface area contributed by atoms with E-state index in [1.807, 2.05) is 6.92 Å². The molecular formula is C10H20N2O2. The van der Waals surface area contributed by atoms with E-state index in [9.17, 15) is 4.79 Å². The minimum atomic E-state index is -0.346. The molecular weight excluding hydrogens is 180 g/mol. The van der Waals surface area contributed by atoms with E-state index in [2.05, 4.69) is 5.32 Å². The molecule has 1 rings (SSSR count). The third-order valence-electron chi connectivity index (χ3n) is 2.71. The minimum Gasteiger partial charge on any atom is -0.381 e. The highest BCUT2D eigenvalue weighted by Crippen LogP contribution is 2.22. The van der Waals surface area contributed by atoms with Gasteiger partial charge in [-0.05, 0) is 19.3 Å². The Kier molecular flexibility index (Phi) is 4.35. The molecule has 0 aliphatic heterocycles. The molecule has 0 aromatic carbocycles. The predicted octanol–water partition coefficient (Wildman–Crippen LogP) is 0.407. The molecule has 82 valence electrons. The first kappa shape index (κ1) is 11.5. The zero-order chi connectivity index (χ0) is 10.6. The quantitative estimate of drug-likeness (QED) is 0.675. The fourth-order valence-electron chi connectivity index (χ4n) is 1.63. The van der Waals surface area contributed by atoms with E-state index in [4.69, 9.17) is 10.5 Å². The van der Waals surface area contributed by atoms with Crippen LogP contribution in [0.5, 0.6) is 0 Å². The van der Waals surface area contributed by atoms with Crippen LogP contribution in [0.2, 0.25) is 0 Å². The molecule has 4 heteroatoms. The summed E-state index contributed by atoms with van der Waals surface area (Å²) in [6.07, 6.45) is 3.86. The van der Waals surface area contributed by atoms with Gasteiger partial charge in [-0.15, -0.1) is 0 Å². The first-order valence-corrected chi connectivity index (χ1v) is 5.26. The van der Waals surface area contributed by atoms with Crippen LogP contribution >= 0.6 is 0 Å². The molecule has 0 heterocycles. The van der Waals surface area contributed by atoms with E-state index in [0.29, 0.717) is 6.10 Å². The van der Waals surface area contributed by atoms with Crippen LogP contribution in [0.15, 0.2) is 0 Å². The summed E-state index contributed by atoms with van der Waals surface area (Å²) in [5, 5.41) is 2.92. The average molecular weight is 200 g/mol. The summed E-state index contributed by atoms with van der Waals surface area (Å²) in [4.78, 5) is 11.5. The van der Waals surface area contributed by atoms with E-state index < -0.39 is 0 Å². The smallest absolute Gasteiger partial charge is 0.237 e. The molecule has 1 saturated carbocycles. The first-order chi connectivity index (χ1) is 6.67. The molecule has 3 N–H and O–H groups in total. The minimum absolute atomic E-state index is 0.0218. The van der Waals surface area contributed by atoms with Crippen molar-refractivity contribution in [2.24, 2.45) is 5.73 Å². The highest BCUT2D eigenvalue weighted by Gasteiger charge is 2.30. The van der Waals surface area contributed by atoms with Gasteiger partial charge in [0.15, 0.2) is 0 Å². The van der Waals surface area contributed by atoms with Crippen LogP contribution in [0.1, 0.15) is 32.6 Å². The number of amides is 1. The van der Waals surface area contributed by atoms with Crippen LogP contribution in [0, 0.1) is 0 Å². The van der Waals surface area contributed by atoms with Crippen LogP contribution in [-0.4, -0.2) is 31.2 Å². The van der Waals surface area contributed by atoms with Gasteiger partial charge in [0, 0.05) is 13.2 Å². The lowest BCUT2D eigenvalue weighted by atomic mass is 9.89. The Balaban J connectivity index is 2.15. The Labute approximate surface area is 85.2 Å². The topological polar surface area (TPSA) is 64.4 Å². The van der Waals surface area contributed by atoms with Crippen LogP contribution in [0.3, 0.4) is 0 Å². The van der Waals surface area contributed by atoms with Crippen molar-refractivity contribution in [1.29, 1.82) is 0 Å². The van der Waals surface area contributed by atoms with Crippen LogP contribution in [-0.2, 0) is 9.53 Å². The summed E-state index contributed by atoms with van der Waals surface area (Å²) in [5.74, 6) is -0.0218. The average Bonchev–Trinajstić information content (AvgIpc) is 2.10. The SMILES string of the molecule is CCC[C@@H](N)C(=O)NC1CC(OC)C1. The third kappa shape index (κ3) is 2.96. The molecule has 0 saturated heterocycles. The summed E-state index contributed by atoms with van der Waals surface area (Å²) in [6.45, 7) is 2.03. The monoisotopic (exact) mass is 200 g/mol. The Morgan fingerprint density at radius 2 is 2.29 bits per heavy atom. The zero-order valence-corrected chi connectivity index (χ0v) is 8.95. The predicted molar refractivity (Wildman–Crippen MR) is 54.8 cm³/mol. The number of ether oxygens (including phenoxy) is 1. The normalized spacial score (nSPS) is 27.9. The Morgan fingerprint density at radius 1 is 1.64 bits per heavy atom. The number of carbonyl (C=O) groups excluding carboxylic acids is 1. The zero-order valence-electron chi connectivity index (χ0n) is 8.95. The van der Waals surface area contributed by atoms with Gasteiger partial charge in [-0.3, -0.25) is 4.79 Å². The second-order valence-electron chi connectivity index (χ2n) is 3.93. The van der Waals surface area contributed by atoms with E-state index in [1.54, 1.807) is 7.11 Å². The van der Waals surface area contributed by atoms with E-state index in [1.165, 1.54) is 0 Å². The van der Waals surface area contributed by atoms with Crippen molar-refractivity contribution in [3.63, 3.8) is 0 Å². The van der Waals surface area contributed by atoms with E-state index in [-0.39, 0.29) is 18.0 Å². The second kappa shape index (κ2) is 5.32. The number of nitrogens with two attached hydrogens (primary N) is 1. The van der Waals surface area contributed by atoms with Crippen molar-refractivity contribution in [3.8, 4) is 0 Å². The highest BCUT2D eigenvalue weighted by molar-refractivity contribution is 5.81. The molecule has 1 fully saturated rings. The van der Waals surface area contributed by atoms with Gasteiger partial charge in [-0.2, -0.15) is 0 Å². The molecule has 0 aromatic heterocycles. The van der Waals surface area contributed by atoms with Crippen molar-refractivity contribution in [2.75, 3.05) is 7.11 Å². The van der Waals surface area contributed by atoms with Crippen molar-refractivity contribution in [1.82, 2.24) is 5.32 Å². The number of methoxy groups -OCH3 is 1. The lowest BCUT2D eigenvalue weighted by Crippen LogP contribution is -2.52. The van der Waals surface area contributed by atoms with Gasteiger partial charge >= 0.3 is 0 Å². The lowest BCUT2D eigenvalue weighted by molar-refractivity contribution is -0.124. The molecule has 1 atom stereocenters. The Morgan fingerprint density at radius 3 is 2.79 bits per heavy atom. The van der Waals surface area contributed by atoms with Gasteiger partial charge in [0.05, 0.1) is 12.1 Å². The van der Waals surface area contributed by atoms with E-state index in [0.717, 1.165) is 25.7 Å². The van der Waals surface area contributed by atoms with Crippen LogP contribution in [0.4, 0.5) is 0 Å². The summed E-state index contributed by atoms with van der Waals surface area (Å²) in [6, 6.07) is -0.0723. The van der Waals surface area contributed by atoms with Crippen LogP contribution in [0.25, 0.3) is 0 Å². The highest BCUT2D eigenvalue weighted by atomic mass is 16.5. The standard InChI is InChI=1S/C10H20N2O2/c1-3-4-9(11)10(13)12-7-5-8(6-7)14-2/h7-9H,3-6,11H2,1-2H3,(H,12,13)/t7?,8?,9-/m1/s1. The first-order valence-electron chi connectivity index (χ1n) is 5.26. The molecule has 1 amide bonds. The molecule has 0 radical (unpaired) electrons. The second-order valence-corrected chi connectivity index (χ2v) is 3.93. The molecule has 4 nitrogen and oxygen atoms in total. The molecule has 1 aliphatic carbocycles. The van der Waals surface area contributed by atoms with Crippen molar-refractivity contribution >= 4 is 5.91 Å². The third-order valence-corrected chi connectivity index (χ3v) is 2.71. The van der Waals surface area contributed by atoms with Gasteiger partial charge in [0.25, 0.3) is 0 Å². The molecule has 0 spiro atoms. The maximum Gasteiger partial charge on any atom is 0.237 e. The van der Waals surface area contributed by atoms with Gasteiger partial charge < -0.3 is 15.8 Å². The number of carbonyl (C=O) groups is 1. The van der Waals surface area contributed by atoms with Crippen molar-refractivity contribution in [3.05, 3.63) is 0 Å². The fourth-order valence-corrected chi connectivity index (χ4v) is 1.63. The van der Waals surface area contributed by atoms with E-state index >= 15 is 0 Å². The number of rotatable bonds is 5. The molecule has 14 heavy (non-hydrogen) atoms. The van der Waals surface area contributed by atoms with Gasteiger partial charge in [0.2, 0.25) is 5.91 Å². The summed E-state index contributed by atoms with van der Waals surface area (Å²) in [7, 11) is 1.70. The molecule has 0 unspecified atom stereocenters. The summed E-state index contributed by atoms with van der Waals surface area (Å²) >= 11 is 0. The molecule has 1 aliphatic rings. The van der Waals surface area contributed by atoms with Gasteiger partial charge in [-0.1, -0.05) is 13.3 Å². The van der Waals surface area contributed by atoms with Gasteiger partial charge in [-0.25, -0.2) is 0 Å². The maximum absolute atomic E-state index is 11.5. The number of hydrogen-bond acceptors (Lipinski definition) is 3. The van der Waals surface area contributed by atoms with Gasteiger partial charge in [0.1, 0.15) is 0 Å². The largest absolute Gasteiger partial charge is 0.381 e. The number of nitrogens with one attached hydrogen (secondary N) is 1. The summed E-state index contributed by atoms with van der Waals surface area (Å²) in [5.41, 5.74) is 5.68. The van der Waals surface area contributed by atoms with Crippen molar-refractivity contribution < 1.29 is 9.53 Å². The number of hydrogen-bond donors (Lipinski definition) is 2.